The van der Waals surface area contributed by atoms with E-state index in [0.717, 1.165) is 24.2 Å². The van der Waals surface area contributed by atoms with Crippen LogP contribution in [0.5, 0.6) is 0 Å². The summed E-state index contributed by atoms with van der Waals surface area (Å²) in [6.45, 7) is 6.10. The third-order valence-electron chi connectivity index (χ3n) is 4.77. The Hall–Kier alpha value is -1.84. The molecule has 2 aromatic rings. The molecule has 168 valence electrons. The molecule has 1 aliphatic rings. The molecule has 0 radical (unpaired) electrons. The van der Waals surface area contributed by atoms with E-state index in [4.69, 9.17) is 27.9 Å². The Morgan fingerprint density at radius 3 is 2.77 bits per heavy atom. The van der Waals surface area contributed by atoms with Gasteiger partial charge in [-0.3, -0.25) is 9.69 Å². The molecule has 2 heterocycles. The van der Waals surface area contributed by atoms with Gasteiger partial charge in [-0.25, -0.2) is 4.79 Å². The van der Waals surface area contributed by atoms with Crippen molar-refractivity contribution in [1.29, 1.82) is 0 Å². The normalized spacial score (nSPS) is 16.7. The molecule has 0 unspecified atom stereocenters. The van der Waals surface area contributed by atoms with Crippen LogP contribution in [0.3, 0.4) is 0 Å². The van der Waals surface area contributed by atoms with E-state index in [1.165, 1.54) is 11.3 Å². The van der Waals surface area contributed by atoms with Crippen LogP contribution in [0.1, 0.15) is 27.7 Å². The first kappa shape index (κ1) is 23.8. The maximum atomic E-state index is 12.1. The zero-order valence-electron chi connectivity index (χ0n) is 17.2. The van der Waals surface area contributed by atoms with Gasteiger partial charge in [0.2, 0.25) is 0 Å². The van der Waals surface area contributed by atoms with E-state index in [1.54, 1.807) is 12.1 Å². The molecule has 3 N–H and O–H groups in total. The maximum Gasteiger partial charge on any atom is 0.315 e. The fourth-order valence-corrected chi connectivity index (χ4v) is 4.38. The molecule has 0 spiro atoms. The number of halogens is 2. The summed E-state index contributed by atoms with van der Waals surface area (Å²) in [4.78, 5) is 26.9. The minimum atomic E-state index is -0.268. The number of hydrogen-bond donors (Lipinski definition) is 3. The second kappa shape index (κ2) is 11.7. The van der Waals surface area contributed by atoms with E-state index in [-0.39, 0.29) is 18.0 Å². The molecule has 0 aliphatic carbocycles. The highest BCUT2D eigenvalue weighted by atomic mass is 35.5. The van der Waals surface area contributed by atoms with Gasteiger partial charge in [-0.05, 0) is 41.6 Å². The van der Waals surface area contributed by atoms with Gasteiger partial charge in [-0.2, -0.15) is 0 Å². The highest BCUT2D eigenvalue weighted by Gasteiger charge is 2.21. The third kappa shape index (κ3) is 7.36. The third-order valence-corrected chi connectivity index (χ3v) is 6.49. The molecular weight excluding hydrogens is 459 g/mol. The second-order valence-electron chi connectivity index (χ2n) is 7.22. The molecule has 3 rings (SSSR count). The largest absolute Gasteiger partial charge is 0.374 e. The Morgan fingerprint density at radius 2 is 2.00 bits per heavy atom. The molecule has 0 bridgehead atoms. The minimum Gasteiger partial charge on any atom is -0.374 e. The highest BCUT2D eigenvalue weighted by molar-refractivity contribution is 7.12. The zero-order chi connectivity index (χ0) is 22.2. The van der Waals surface area contributed by atoms with Crippen LogP contribution in [-0.4, -0.2) is 55.7 Å². The van der Waals surface area contributed by atoms with Crippen molar-refractivity contribution in [2.45, 2.75) is 26.1 Å². The monoisotopic (exact) mass is 484 g/mol. The Labute approximate surface area is 196 Å². The fourth-order valence-electron chi connectivity index (χ4n) is 3.23. The van der Waals surface area contributed by atoms with Gasteiger partial charge in [0.05, 0.1) is 27.6 Å². The number of thiophene rings is 1. The molecule has 1 saturated heterocycles. The van der Waals surface area contributed by atoms with E-state index in [1.807, 2.05) is 24.4 Å². The van der Waals surface area contributed by atoms with Crippen LogP contribution < -0.4 is 16.0 Å². The Kier molecular flexibility index (Phi) is 8.98. The van der Waals surface area contributed by atoms with Crippen molar-refractivity contribution in [2.24, 2.45) is 0 Å². The lowest BCUT2D eigenvalue weighted by atomic mass is 10.2. The number of amides is 3. The number of hydrogen-bond acceptors (Lipinski definition) is 5. The number of carbonyl (C=O) groups is 2. The quantitative estimate of drug-likeness (QED) is 0.535. The van der Waals surface area contributed by atoms with Crippen molar-refractivity contribution in [3.63, 3.8) is 0 Å². The molecule has 1 fully saturated rings. The zero-order valence-corrected chi connectivity index (χ0v) is 19.6. The molecule has 1 aliphatic heterocycles. The van der Waals surface area contributed by atoms with Gasteiger partial charge >= 0.3 is 6.03 Å². The number of morpholine rings is 1. The average Bonchev–Trinajstić information content (AvgIpc) is 3.23. The lowest BCUT2D eigenvalue weighted by Crippen LogP contribution is -2.48. The Balaban J connectivity index is 1.39. The number of benzene rings is 1. The standard InChI is InChI=1S/C21H26Cl2N4O3S/c1-2-24-20(28)19-8-15(13-31-19)9-25-21(29)26-10-16-12-27(5-6-30-16)11-14-3-4-17(22)18(23)7-14/h3-4,7-8,13,16H,2,5-6,9-12H2,1H3,(H,24,28)(H2,25,26,29)/t16-/m0/s1. The number of nitrogens with zero attached hydrogens (tertiary/aromatic N) is 1. The van der Waals surface area contributed by atoms with Gasteiger partial charge in [-0.15, -0.1) is 11.3 Å². The molecule has 31 heavy (non-hydrogen) atoms. The van der Waals surface area contributed by atoms with Crippen molar-refractivity contribution in [1.82, 2.24) is 20.9 Å². The fraction of sp³-hybridized carbons (Fsp3) is 0.429. The lowest BCUT2D eigenvalue weighted by molar-refractivity contribution is -0.0287. The van der Waals surface area contributed by atoms with Gasteiger partial charge in [-0.1, -0.05) is 29.3 Å². The summed E-state index contributed by atoms with van der Waals surface area (Å²) in [6.07, 6.45) is -0.0900. The van der Waals surface area contributed by atoms with E-state index < -0.39 is 0 Å². The van der Waals surface area contributed by atoms with Gasteiger partial charge in [0.25, 0.3) is 5.91 Å². The summed E-state index contributed by atoms with van der Waals surface area (Å²) in [7, 11) is 0. The first-order chi connectivity index (χ1) is 14.9. The molecule has 3 amide bonds. The van der Waals surface area contributed by atoms with E-state index in [0.29, 0.717) is 47.7 Å². The SMILES string of the molecule is CCNC(=O)c1cc(CNC(=O)NC[C@H]2CN(Cc3ccc(Cl)c(Cl)c3)CCO2)cs1. The van der Waals surface area contributed by atoms with Crippen LogP contribution in [0.4, 0.5) is 4.79 Å². The molecule has 1 aromatic heterocycles. The molecule has 7 nitrogen and oxygen atoms in total. The Morgan fingerprint density at radius 1 is 1.16 bits per heavy atom. The van der Waals surface area contributed by atoms with E-state index in [9.17, 15) is 9.59 Å². The van der Waals surface area contributed by atoms with Crippen molar-refractivity contribution in [3.05, 3.63) is 55.7 Å². The summed E-state index contributed by atoms with van der Waals surface area (Å²) >= 11 is 13.4. The summed E-state index contributed by atoms with van der Waals surface area (Å²) in [5.41, 5.74) is 1.98. The molecule has 10 heteroatoms. The van der Waals surface area contributed by atoms with Crippen LogP contribution in [0.25, 0.3) is 0 Å². The van der Waals surface area contributed by atoms with Crippen LogP contribution in [0.15, 0.2) is 29.6 Å². The summed E-state index contributed by atoms with van der Waals surface area (Å²) < 4.78 is 5.78. The lowest BCUT2D eigenvalue weighted by Gasteiger charge is -2.33. The summed E-state index contributed by atoms with van der Waals surface area (Å²) in [6, 6.07) is 7.17. The van der Waals surface area contributed by atoms with Gasteiger partial charge in [0.15, 0.2) is 0 Å². The average molecular weight is 485 g/mol. The molecular formula is C21H26Cl2N4O3S. The van der Waals surface area contributed by atoms with Crippen molar-refractivity contribution < 1.29 is 14.3 Å². The van der Waals surface area contributed by atoms with Crippen LogP contribution in [0, 0.1) is 0 Å². The smallest absolute Gasteiger partial charge is 0.315 e. The second-order valence-corrected chi connectivity index (χ2v) is 8.94. The molecule has 1 atom stereocenters. The van der Waals surface area contributed by atoms with Crippen molar-refractivity contribution >= 4 is 46.5 Å². The topological polar surface area (TPSA) is 82.7 Å². The van der Waals surface area contributed by atoms with Crippen LogP contribution >= 0.6 is 34.5 Å². The number of ether oxygens (including phenoxy) is 1. The first-order valence-electron chi connectivity index (χ1n) is 10.1. The predicted molar refractivity (Wildman–Crippen MR) is 124 cm³/mol. The van der Waals surface area contributed by atoms with E-state index >= 15 is 0 Å². The summed E-state index contributed by atoms with van der Waals surface area (Å²) in [5.74, 6) is -0.0944. The predicted octanol–water partition coefficient (Wildman–Crippen LogP) is 3.50. The number of carbonyl (C=O) groups excluding carboxylic acids is 2. The van der Waals surface area contributed by atoms with Gasteiger partial charge in [0, 0.05) is 39.3 Å². The first-order valence-corrected chi connectivity index (χ1v) is 11.7. The van der Waals surface area contributed by atoms with E-state index in [2.05, 4.69) is 20.9 Å². The highest BCUT2D eigenvalue weighted by Crippen LogP contribution is 2.23. The minimum absolute atomic E-state index is 0.0900. The van der Waals surface area contributed by atoms with Crippen LogP contribution in [0.2, 0.25) is 10.0 Å². The summed E-state index contributed by atoms with van der Waals surface area (Å²) in [5, 5.41) is 11.4. The van der Waals surface area contributed by atoms with Gasteiger partial charge in [0.1, 0.15) is 0 Å². The number of nitrogens with one attached hydrogen (secondary N) is 3. The number of rotatable bonds is 8. The maximum absolute atomic E-state index is 12.1. The van der Waals surface area contributed by atoms with Crippen molar-refractivity contribution in [3.8, 4) is 0 Å². The van der Waals surface area contributed by atoms with Crippen LogP contribution in [-0.2, 0) is 17.8 Å². The molecule has 0 saturated carbocycles. The van der Waals surface area contributed by atoms with Crippen molar-refractivity contribution in [2.75, 3.05) is 32.8 Å². The number of urea groups is 1. The molecule has 1 aromatic carbocycles. The Bertz CT molecular complexity index is 909. The van der Waals surface area contributed by atoms with Gasteiger partial charge < -0.3 is 20.7 Å².